The van der Waals surface area contributed by atoms with E-state index in [-0.39, 0.29) is 52.4 Å². The number of nitrogens with zero attached hydrogens (tertiary/aromatic N) is 6. The number of aliphatic hydroxyl groups excluding tert-OH is 2. The Morgan fingerprint density at radius 1 is 0.574 bits per heavy atom. The minimum absolute atomic E-state index is 0. The van der Waals surface area contributed by atoms with Crippen molar-refractivity contribution in [3.05, 3.63) is 120 Å². The van der Waals surface area contributed by atoms with Gasteiger partial charge < -0.3 is 19.3 Å². The Hall–Kier alpha value is -3.62. The monoisotopic (exact) mass is 987 g/mol. The van der Waals surface area contributed by atoms with Gasteiger partial charge in [-0.25, -0.2) is 0 Å². The summed E-state index contributed by atoms with van der Waals surface area (Å²) in [4.78, 5) is 0. The summed E-state index contributed by atoms with van der Waals surface area (Å²) in [6.07, 6.45) is -0.278. The first-order chi connectivity index (χ1) is 21.7. The van der Waals surface area contributed by atoms with Crippen molar-refractivity contribution >= 4 is 0 Å². The second kappa shape index (κ2) is 19.3. The third kappa shape index (κ3) is 10.7. The van der Waals surface area contributed by atoms with Gasteiger partial charge in [0, 0.05) is 71.0 Å². The summed E-state index contributed by atoms with van der Waals surface area (Å²) >= 11 is 0. The predicted octanol–water partition coefficient (Wildman–Crippen LogP) is 6.85. The molecule has 250 valence electrons. The van der Waals surface area contributed by atoms with Crippen molar-refractivity contribution in [3.8, 4) is 45.6 Å². The topological polar surface area (TPSA) is 102 Å². The molecule has 0 saturated heterocycles. The average Bonchev–Trinajstić information content (AvgIpc) is 3.60. The number of aromatic nitrogens is 6. The SMILES string of the molecule is CC(O)CC(C)O.Cc1ccccc1-c1nnc(-c2[c-]cccc2)n1C.Cc1ccccc1-c1nnc(-c2ccccc2)n1C.[Ir].[Ir]. The second-order valence-electron chi connectivity index (χ2n) is 11.0. The molecule has 2 heterocycles. The molecule has 0 aliphatic rings. The third-order valence-electron chi connectivity index (χ3n) is 7.19. The molecule has 10 heteroatoms. The Kier molecular flexibility index (Phi) is 16.2. The average molecular weight is 986 g/mol. The Bertz CT molecular complexity index is 1660. The molecule has 6 aromatic rings. The minimum Gasteiger partial charge on any atom is -0.393 e. The van der Waals surface area contributed by atoms with Crippen LogP contribution in [0.3, 0.4) is 0 Å². The predicted molar refractivity (Wildman–Crippen MR) is 180 cm³/mol. The maximum Gasteiger partial charge on any atom is 0.164 e. The Morgan fingerprint density at radius 3 is 1.45 bits per heavy atom. The van der Waals surface area contributed by atoms with Crippen LogP contribution in [0.15, 0.2) is 103 Å². The smallest absolute Gasteiger partial charge is 0.164 e. The van der Waals surface area contributed by atoms with Crippen LogP contribution in [0.25, 0.3) is 45.6 Å². The van der Waals surface area contributed by atoms with E-state index in [0.717, 1.165) is 45.6 Å². The summed E-state index contributed by atoms with van der Waals surface area (Å²) in [6.45, 7) is 7.49. The van der Waals surface area contributed by atoms with E-state index in [9.17, 15) is 0 Å². The van der Waals surface area contributed by atoms with E-state index >= 15 is 0 Å². The Balaban J connectivity index is 0.000000264. The number of hydrogen-bond donors (Lipinski definition) is 2. The van der Waals surface area contributed by atoms with Crippen molar-refractivity contribution in [2.75, 3.05) is 0 Å². The molecule has 0 aliphatic heterocycles. The van der Waals surface area contributed by atoms with E-state index in [1.807, 2.05) is 102 Å². The van der Waals surface area contributed by atoms with E-state index in [1.54, 1.807) is 13.8 Å². The van der Waals surface area contributed by atoms with E-state index in [4.69, 9.17) is 10.2 Å². The van der Waals surface area contributed by atoms with Crippen molar-refractivity contribution in [1.29, 1.82) is 0 Å². The molecule has 0 amide bonds. The van der Waals surface area contributed by atoms with E-state index in [2.05, 4.69) is 64.6 Å². The molecule has 0 saturated carbocycles. The van der Waals surface area contributed by atoms with Gasteiger partial charge in [0.15, 0.2) is 17.5 Å². The zero-order chi connectivity index (χ0) is 32.3. The van der Waals surface area contributed by atoms with Crippen LogP contribution in [0.4, 0.5) is 0 Å². The molecule has 0 bridgehead atoms. The summed E-state index contributed by atoms with van der Waals surface area (Å²) in [5.41, 5.74) is 6.67. The van der Waals surface area contributed by atoms with Crippen molar-refractivity contribution in [2.24, 2.45) is 14.1 Å². The zero-order valence-corrected chi connectivity index (χ0v) is 32.2. The van der Waals surface area contributed by atoms with Gasteiger partial charge in [-0.2, -0.15) is 5.10 Å². The van der Waals surface area contributed by atoms with Gasteiger partial charge in [-0.05, 0) is 45.2 Å². The maximum atomic E-state index is 8.56. The molecule has 0 spiro atoms. The van der Waals surface area contributed by atoms with E-state index < -0.39 is 0 Å². The van der Waals surface area contributed by atoms with E-state index in [1.165, 1.54) is 11.1 Å². The fraction of sp³-hybridized carbons (Fsp3) is 0.243. The van der Waals surface area contributed by atoms with Crippen LogP contribution in [0.5, 0.6) is 0 Å². The summed E-state index contributed by atoms with van der Waals surface area (Å²) in [6, 6.07) is 37.5. The first-order valence-corrected chi connectivity index (χ1v) is 15.0. The van der Waals surface area contributed by atoms with Crippen LogP contribution < -0.4 is 0 Å². The zero-order valence-electron chi connectivity index (χ0n) is 27.4. The first-order valence-electron chi connectivity index (χ1n) is 15.0. The van der Waals surface area contributed by atoms with Gasteiger partial charge in [-0.3, -0.25) is 0 Å². The summed E-state index contributed by atoms with van der Waals surface area (Å²) in [5, 5.41) is 34.4. The van der Waals surface area contributed by atoms with Crippen molar-refractivity contribution in [3.63, 3.8) is 0 Å². The van der Waals surface area contributed by atoms with Crippen molar-refractivity contribution in [2.45, 2.75) is 46.3 Å². The van der Waals surface area contributed by atoms with Crippen molar-refractivity contribution < 1.29 is 50.4 Å². The molecule has 0 aliphatic carbocycles. The van der Waals surface area contributed by atoms with Gasteiger partial charge in [0.05, 0.1) is 18.0 Å². The van der Waals surface area contributed by atoms with Crippen LogP contribution in [0.1, 0.15) is 31.4 Å². The first kappa shape index (κ1) is 39.6. The second-order valence-corrected chi connectivity index (χ2v) is 11.0. The molecule has 0 fully saturated rings. The molecule has 6 rings (SSSR count). The van der Waals surface area contributed by atoms with Crippen LogP contribution in [-0.2, 0) is 54.3 Å². The molecule has 2 unspecified atom stereocenters. The van der Waals surface area contributed by atoms with Gasteiger partial charge in [-0.15, -0.1) is 51.2 Å². The molecule has 8 nitrogen and oxygen atoms in total. The minimum atomic E-state index is -0.375. The van der Waals surface area contributed by atoms with Gasteiger partial charge >= 0.3 is 0 Å². The quantitative estimate of drug-likeness (QED) is 0.177. The summed E-state index contributed by atoms with van der Waals surface area (Å²) < 4.78 is 4.05. The van der Waals surface area contributed by atoms with Crippen molar-refractivity contribution in [1.82, 2.24) is 29.5 Å². The normalized spacial score (nSPS) is 11.4. The number of aryl methyl sites for hydroxylation is 2. The number of benzene rings is 4. The Labute approximate surface area is 304 Å². The molecule has 2 atom stereocenters. The third-order valence-corrected chi connectivity index (χ3v) is 7.19. The van der Waals surface area contributed by atoms with Gasteiger partial charge in [0.1, 0.15) is 0 Å². The molecule has 2 aromatic heterocycles. The van der Waals surface area contributed by atoms with Crippen LogP contribution in [-0.4, -0.2) is 51.9 Å². The number of hydrogen-bond acceptors (Lipinski definition) is 6. The fourth-order valence-electron chi connectivity index (χ4n) is 4.87. The molecule has 47 heavy (non-hydrogen) atoms. The van der Waals surface area contributed by atoms with Gasteiger partial charge in [0.2, 0.25) is 0 Å². The molecular weight excluding hydrogens is 945 g/mol. The largest absolute Gasteiger partial charge is 0.393 e. The van der Waals surface area contributed by atoms with Gasteiger partial charge in [-0.1, -0.05) is 78.9 Å². The fourth-order valence-corrected chi connectivity index (χ4v) is 4.87. The van der Waals surface area contributed by atoms with Gasteiger partial charge in [0.25, 0.3) is 0 Å². The van der Waals surface area contributed by atoms with Crippen LogP contribution in [0, 0.1) is 19.9 Å². The molecule has 2 N–H and O–H groups in total. The summed E-state index contributed by atoms with van der Waals surface area (Å²) in [7, 11) is 3.99. The Morgan fingerprint density at radius 2 is 1.00 bits per heavy atom. The summed E-state index contributed by atoms with van der Waals surface area (Å²) in [5.74, 6) is 3.50. The number of rotatable bonds is 6. The van der Waals surface area contributed by atoms with Crippen LogP contribution in [0.2, 0.25) is 0 Å². The molecule has 4 aromatic carbocycles. The van der Waals surface area contributed by atoms with E-state index in [0.29, 0.717) is 6.42 Å². The standard InChI is InChI=1S/C16H15N3.C16H14N3.C5H12O2.2Ir/c2*1-12-8-6-7-11-14(12)16-18-17-15(19(16)2)13-9-4-3-5-10-13;1-4(6)3-5(2)7;;/h3-11H,1-2H3;3-9,11H,1-2H3;4-7H,3H2,1-2H3;;/q;-1;;;. The molecule has 2 radical (unpaired) electrons. The maximum absolute atomic E-state index is 8.56. The molecular formula is C37H41Ir2N6O2-. The van der Waals surface area contributed by atoms with Crippen LogP contribution >= 0.6 is 0 Å². The number of aliphatic hydroxyl groups is 2.